The largest absolute Gasteiger partial charge is 0.331 e. The molecule has 3 rings (SSSR count). The van der Waals surface area contributed by atoms with Crippen LogP contribution in [0.3, 0.4) is 0 Å². The van der Waals surface area contributed by atoms with Gasteiger partial charge in [0.15, 0.2) is 5.65 Å². The molecule has 22 heavy (non-hydrogen) atoms. The smallest absolute Gasteiger partial charge is 0.324 e. The highest BCUT2D eigenvalue weighted by Gasteiger charge is 2.26. The molecular formula is C14H17N7O. The zero-order valence-corrected chi connectivity index (χ0v) is 12.6. The van der Waals surface area contributed by atoms with Gasteiger partial charge in [-0.15, -0.1) is 0 Å². The molecule has 1 fully saturated rings. The fraction of sp³-hybridized carbons (Fsp3) is 0.500. The van der Waals surface area contributed by atoms with Crippen LogP contribution in [-0.4, -0.2) is 68.6 Å². The Morgan fingerprint density at radius 2 is 2.09 bits per heavy atom. The summed E-state index contributed by atoms with van der Waals surface area (Å²) < 4.78 is 1.40. The maximum absolute atomic E-state index is 12.6. The number of imidazole rings is 1. The Hall–Kier alpha value is -2.53. The molecule has 3 heterocycles. The second kappa shape index (κ2) is 5.69. The monoisotopic (exact) mass is 299 g/mol. The van der Waals surface area contributed by atoms with Gasteiger partial charge in [0.25, 0.3) is 0 Å². The Bertz CT molecular complexity index is 737. The lowest BCUT2D eigenvalue weighted by molar-refractivity contribution is 0.149. The number of nitrogens with zero attached hydrogens (tertiary/aromatic N) is 7. The average Bonchev–Trinajstić information content (AvgIpc) is 2.97. The maximum Gasteiger partial charge on any atom is 0.331 e. The van der Waals surface area contributed by atoms with Gasteiger partial charge in [0.05, 0.1) is 6.20 Å². The van der Waals surface area contributed by atoms with Crippen molar-refractivity contribution < 1.29 is 4.79 Å². The molecule has 114 valence electrons. The number of hydrogen-bond acceptors (Lipinski definition) is 6. The van der Waals surface area contributed by atoms with Gasteiger partial charge >= 0.3 is 6.03 Å². The molecule has 2 aromatic heterocycles. The van der Waals surface area contributed by atoms with E-state index < -0.39 is 0 Å². The molecule has 1 saturated heterocycles. The van der Waals surface area contributed by atoms with E-state index in [1.54, 1.807) is 4.90 Å². The standard InChI is InChI=1S/C14H17N7O/c1-19(2)10-3-5-20(6-4-10)14(22)21-9-17-11-8-16-12(7-15)18-13(11)21/h8-10H,3-6H2,1-2H3. The van der Waals surface area contributed by atoms with Gasteiger partial charge in [0.2, 0.25) is 5.82 Å². The van der Waals surface area contributed by atoms with Gasteiger partial charge in [-0.05, 0) is 26.9 Å². The molecule has 0 saturated carbocycles. The topological polar surface area (TPSA) is 90.9 Å². The lowest BCUT2D eigenvalue weighted by Gasteiger charge is -2.35. The first-order valence-corrected chi connectivity index (χ1v) is 7.16. The van der Waals surface area contributed by atoms with Crippen molar-refractivity contribution in [3.8, 4) is 6.07 Å². The van der Waals surface area contributed by atoms with Crippen molar-refractivity contribution in [2.75, 3.05) is 27.2 Å². The molecule has 0 spiro atoms. The molecular weight excluding hydrogens is 282 g/mol. The van der Waals surface area contributed by atoms with E-state index in [4.69, 9.17) is 5.26 Å². The minimum Gasteiger partial charge on any atom is -0.324 e. The Labute approximate surface area is 128 Å². The van der Waals surface area contributed by atoms with Gasteiger partial charge in [0, 0.05) is 19.1 Å². The zero-order chi connectivity index (χ0) is 15.7. The third-order valence-corrected chi connectivity index (χ3v) is 4.06. The normalized spacial score (nSPS) is 16.2. The van der Waals surface area contributed by atoms with Crippen LogP contribution in [0.1, 0.15) is 18.7 Å². The molecule has 0 aliphatic carbocycles. The van der Waals surface area contributed by atoms with Crippen molar-refractivity contribution in [3.63, 3.8) is 0 Å². The van der Waals surface area contributed by atoms with Gasteiger partial charge < -0.3 is 9.80 Å². The fourth-order valence-electron chi connectivity index (χ4n) is 2.73. The summed E-state index contributed by atoms with van der Waals surface area (Å²) in [6, 6.07) is 2.24. The summed E-state index contributed by atoms with van der Waals surface area (Å²) in [6.45, 7) is 1.41. The lowest BCUT2D eigenvalue weighted by Crippen LogP contribution is -2.45. The summed E-state index contributed by atoms with van der Waals surface area (Å²) in [6.07, 6.45) is 4.80. The summed E-state index contributed by atoms with van der Waals surface area (Å²) in [7, 11) is 4.12. The number of hydrogen-bond donors (Lipinski definition) is 0. The van der Waals surface area contributed by atoms with Gasteiger partial charge in [-0.3, -0.25) is 0 Å². The number of fused-ring (bicyclic) bond motifs is 1. The van der Waals surface area contributed by atoms with Gasteiger partial charge in [-0.1, -0.05) is 0 Å². The Morgan fingerprint density at radius 3 is 2.73 bits per heavy atom. The molecule has 1 aliphatic heterocycles. The summed E-state index contributed by atoms with van der Waals surface area (Å²) in [5, 5.41) is 8.89. The SMILES string of the molecule is CN(C)C1CCN(C(=O)n2cnc3cnc(C#N)nc32)CC1. The second-order valence-electron chi connectivity index (χ2n) is 5.59. The summed E-state index contributed by atoms with van der Waals surface area (Å²) in [4.78, 5) is 28.7. The van der Waals surface area contributed by atoms with Gasteiger partial charge in [0.1, 0.15) is 17.9 Å². The van der Waals surface area contributed by atoms with E-state index in [9.17, 15) is 4.79 Å². The highest BCUT2D eigenvalue weighted by molar-refractivity contribution is 5.86. The fourth-order valence-corrected chi connectivity index (χ4v) is 2.73. The third kappa shape index (κ3) is 2.51. The molecule has 0 aromatic carbocycles. The average molecular weight is 299 g/mol. The molecule has 0 N–H and O–H groups in total. The van der Waals surface area contributed by atoms with E-state index >= 15 is 0 Å². The number of likely N-dealkylation sites (tertiary alicyclic amines) is 1. The van der Waals surface area contributed by atoms with Crippen LogP contribution < -0.4 is 0 Å². The van der Waals surface area contributed by atoms with Crippen LogP contribution in [0, 0.1) is 11.3 Å². The van der Waals surface area contributed by atoms with Crippen molar-refractivity contribution in [2.24, 2.45) is 0 Å². The number of amides is 1. The minimum atomic E-state index is -0.151. The summed E-state index contributed by atoms with van der Waals surface area (Å²) in [5.41, 5.74) is 0.891. The highest BCUT2D eigenvalue weighted by Crippen LogP contribution is 2.17. The maximum atomic E-state index is 12.6. The number of nitriles is 1. The zero-order valence-electron chi connectivity index (χ0n) is 12.6. The van der Waals surface area contributed by atoms with Gasteiger partial charge in [-0.2, -0.15) is 10.2 Å². The summed E-state index contributed by atoms with van der Waals surface area (Å²) in [5.74, 6) is 0.0355. The molecule has 0 unspecified atom stereocenters. The number of piperidine rings is 1. The van der Waals surface area contributed by atoms with E-state index in [1.165, 1.54) is 17.1 Å². The van der Waals surface area contributed by atoms with Crippen LogP contribution in [0.5, 0.6) is 0 Å². The molecule has 0 bridgehead atoms. The first-order valence-electron chi connectivity index (χ1n) is 7.16. The van der Waals surface area contributed by atoms with Crippen molar-refractivity contribution in [1.82, 2.24) is 29.3 Å². The van der Waals surface area contributed by atoms with E-state index in [0.717, 1.165) is 12.8 Å². The molecule has 0 atom stereocenters. The van der Waals surface area contributed by atoms with Crippen molar-refractivity contribution in [3.05, 3.63) is 18.3 Å². The first-order chi connectivity index (χ1) is 10.6. The van der Waals surface area contributed by atoms with Gasteiger partial charge in [-0.25, -0.2) is 19.3 Å². The van der Waals surface area contributed by atoms with E-state index in [1.807, 2.05) is 6.07 Å². The quantitative estimate of drug-likeness (QED) is 0.769. The van der Waals surface area contributed by atoms with Crippen LogP contribution in [0.15, 0.2) is 12.5 Å². The Balaban J connectivity index is 1.83. The molecule has 1 amide bonds. The second-order valence-corrected chi connectivity index (χ2v) is 5.59. The molecule has 8 nitrogen and oxygen atoms in total. The number of carbonyl (C=O) groups is 1. The number of rotatable bonds is 1. The minimum absolute atomic E-state index is 0.0355. The molecule has 8 heteroatoms. The molecule has 0 radical (unpaired) electrons. The van der Waals surface area contributed by atoms with Crippen molar-refractivity contribution in [1.29, 1.82) is 5.26 Å². The van der Waals surface area contributed by atoms with Crippen LogP contribution in [0.2, 0.25) is 0 Å². The van der Waals surface area contributed by atoms with Crippen LogP contribution in [0.4, 0.5) is 4.79 Å². The first kappa shape index (κ1) is 14.4. The van der Waals surface area contributed by atoms with E-state index in [-0.39, 0.29) is 11.9 Å². The number of carbonyl (C=O) groups excluding carboxylic acids is 1. The van der Waals surface area contributed by atoms with Crippen LogP contribution in [0.25, 0.3) is 11.2 Å². The van der Waals surface area contributed by atoms with E-state index in [2.05, 4.69) is 33.9 Å². The van der Waals surface area contributed by atoms with Crippen molar-refractivity contribution in [2.45, 2.75) is 18.9 Å². The summed E-state index contributed by atoms with van der Waals surface area (Å²) >= 11 is 0. The number of aromatic nitrogens is 4. The van der Waals surface area contributed by atoms with Crippen LogP contribution in [-0.2, 0) is 0 Å². The Kier molecular flexibility index (Phi) is 3.73. The van der Waals surface area contributed by atoms with E-state index in [0.29, 0.717) is 30.3 Å². The predicted molar refractivity (Wildman–Crippen MR) is 79.1 cm³/mol. The Morgan fingerprint density at radius 1 is 1.36 bits per heavy atom. The highest BCUT2D eigenvalue weighted by atomic mass is 16.2. The van der Waals surface area contributed by atoms with Crippen LogP contribution >= 0.6 is 0 Å². The lowest BCUT2D eigenvalue weighted by atomic mass is 10.0. The predicted octanol–water partition coefficient (Wildman–Crippen LogP) is 0.692. The third-order valence-electron chi connectivity index (χ3n) is 4.06. The molecule has 1 aliphatic rings. The van der Waals surface area contributed by atoms with Crippen molar-refractivity contribution >= 4 is 17.2 Å². The molecule has 2 aromatic rings.